The highest BCUT2D eigenvalue weighted by molar-refractivity contribution is 5.34. The van der Waals surface area contributed by atoms with Crippen LogP contribution in [0.25, 0.3) is 0 Å². The largest absolute Gasteiger partial charge is 0.379 e. The monoisotopic (exact) mass is 233 g/mol. The van der Waals surface area contributed by atoms with Gasteiger partial charge in [-0.3, -0.25) is 0 Å². The van der Waals surface area contributed by atoms with Crippen molar-refractivity contribution in [3.63, 3.8) is 0 Å². The van der Waals surface area contributed by atoms with Crippen LogP contribution in [-0.2, 0) is 11.2 Å². The molecule has 0 amide bonds. The molecule has 1 N–H and O–H groups in total. The van der Waals surface area contributed by atoms with Crippen molar-refractivity contribution in [1.29, 1.82) is 0 Å². The van der Waals surface area contributed by atoms with Gasteiger partial charge in [0.2, 0.25) is 0 Å². The van der Waals surface area contributed by atoms with Crippen LogP contribution >= 0.6 is 0 Å². The molecule has 1 aliphatic rings. The van der Waals surface area contributed by atoms with Gasteiger partial charge in [-0.1, -0.05) is 24.3 Å². The Morgan fingerprint density at radius 1 is 1.35 bits per heavy atom. The van der Waals surface area contributed by atoms with E-state index in [-0.39, 0.29) is 5.60 Å². The quantitative estimate of drug-likeness (QED) is 0.844. The number of hydrogen-bond donors (Lipinski definition) is 1. The van der Waals surface area contributed by atoms with Gasteiger partial charge in [-0.2, -0.15) is 0 Å². The lowest BCUT2D eigenvalue weighted by Crippen LogP contribution is -2.30. The molecule has 1 unspecified atom stereocenters. The van der Waals surface area contributed by atoms with Gasteiger partial charge in [0.25, 0.3) is 0 Å². The number of fused-ring (bicyclic) bond motifs is 1. The normalized spacial score (nSPS) is 19.4. The molecule has 1 aromatic carbocycles. The van der Waals surface area contributed by atoms with Gasteiger partial charge in [-0.05, 0) is 50.8 Å². The van der Waals surface area contributed by atoms with Crippen LogP contribution in [0.15, 0.2) is 24.3 Å². The number of aryl methyl sites for hydroxylation is 1. The summed E-state index contributed by atoms with van der Waals surface area (Å²) in [6.07, 6.45) is 3.48. The summed E-state index contributed by atoms with van der Waals surface area (Å²) in [5.74, 6) is 0. The standard InChI is InChI=1S/C15H23NO/c1-15(2,17-3)10-11-16-14-9-8-12-6-4-5-7-13(12)14/h4-7,14,16H,8-11H2,1-3H3. The Labute approximate surface area is 104 Å². The van der Waals surface area contributed by atoms with E-state index in [0.717, 1.165) is 13.0 Å². The first-order valence-electron chi connectivity index (χ1n) is 6.49. The molecule has 2 heteroatoms. The van der Waals surface area contributed by atoms with Crippen molar-refractivity contribution in [3.05, 3.63) is 35.4 Å². The molecule has 0 aliphatic heterocycles. The van der Waals surface area contributed by atoms with Gasteiger partial charge >= 0.3 is 0 Å². The summed E-state index contributed by atoms with van der Waals surface area (Å²) in [5.41, 5.74) is 2.98. The fourth-order valence-corrected chi connectivity index (χ4v) is 2.42. The lowest BCUT2D eigenvalue weighted by Gasteiger charge is -2.24. The Balaban J connectivity index is 1.86. The molecular formula is C15H23NO. The molecule has 0 fully saturated rings. The highest BCUT2D eigenvalue weighted by Crippen LogP contribution is 2.30. The number of rotatable bonds is 5. The zero-order valence-electron chi connectivity index (χ0n) is 11.1. The minimum absolute atomic E-state index is 0.0227. The molecule has 0 bridgehead atoms. The van der Waals surface area contributed by atoms with Gasteiger partial charge in [0.15, 0.2) is 0 Å². The summed E-state index contributed by atoms with van der Waals surface area (Å²) in [5, 5.41) is 3.65. The van der Waals surface area contributed by atoms with Gasteiger partial charge in [0, 0.05) is 13.2 Å². The fourth-order valence-electron chi connectivity index (χ4n) is 2.42. The van der Waals surface area contributed by atoms with Gasteiger partial charge in [-0.15, -0.1) is 0 Å². The van der Waals surface area contributed by atoms with Crippen LogP contribution in [0.5, 0.6) is 0 Å². The fraction of sp³-hybridized carbons (Fsp3) is 0.600. The van der Waals surface area contributed by atoms with E-state index < -0.39 is 0 Å². The minimum Gasteiger partial charge on any atom is -0.379 e. The molecule has 2 nitrogen and oxygen atoms in total. The molecule has 2 rings (SSSR count). The average molecular weight is 233 g/mol. The van der Waals surface area contributed by atoms with Crippen LogP contribution in [0.3, 0.4) is 0 Å². The predicted octanol–water partition coefficient (Wildman–Crippen LogP) is 3.08. The molecule has 0 spiro atoms. The summed E-state index contributed by atoms with van der Waals surface area (Å²) < 4.78 is 5.43. The molecule has 0 radical (unpaired) electrons. The van der Waals surface area contributed by atoms with E-state index in [9.17, 15) is 0 Å². The Hall–Kier alpha value is -0.860. The van der Waals surface area contributed by atoms with Crippen LogP contribution in [-0.4, -0.2) is 19.3 Å². The second kappa shape index (κ2) is 5.19. The lowest BCUT2D eigenvalue weighted by molar-refractivity contribution is 0.0153. The van der Waals surface area contributed by atoms with E-state index in [2.05, 4.69) is 43.4 Å². The summed E-state index contributed by atoms with van der Waals surface area (Å²) in [4.78, 5) is 0. The maximum Gasteiger partial charge on any atom is 0.0634 e. The van der Waals surface area contributed by atoms with Crippen LogP contribution in [0.1, 0.15) is 43.9 Å². The van der Waals surface area contributed by atoms with E-state index in [4.69, 9.17) is 4.74 Å². The second-order valence-electron chi connectivity index (χ2n) is 5.46. The molecule has 1 atom stereocenters. The molecule has 94 valence electrons. The van der Waals surface area contributed by atoms with Crippen molar-refractivity contribution in [2.75, 3.05) is 13.7 Å². The first-order chi connectivity index (χ1) is 8.12. The first kappa shape index (κ1) is 12.6. The first-order valence-corrected chi connectivity index (χ1v) is 6.49. The molecule has 17 heavy (non-hydrogen) atoms. The van der Waals surface area contributed by atoms with Crippen molar-refractivity contribution in [2.24, 2.45) is 0 Å². The van der Waals surface area contributed by atoms with Crippen molar-refractivity contribution >= 4 is 0 Å². The highest BCUT2D eigenvalue weighted by Gasteiger charge is 2.22. The Kier molecular flexibility index (Phi) is 3.85. The Morgan fingerprint density at radius 2 is 2.12 bits per heavy atom. The summed E-state index contributed by atoms with van der Waals surface area (Å²) >= 11 is 0. The maximum atomic E-state index is 5.43. The van der Waals surface area contributed by atoms with E-state index >= 15 is 0 Å². The van der Waals surface area contributed by atoms with Gasteiger partial charge in [0.1, 0.15) is 0 Å². The summed E-state index contributed by atoms with van der Waals surface area (Å²) in [6, 6.07) is 9.31. The van der Waals surface area contributed by atoms with E-state index in [0.29, 0.717) is 6.04 Å². The van der Waals surface area contributed by atoms with Crippen LogP contribution < -0.4 is 5.32 Å². The van der Waals surface area contributed by atoms with Gasteiger partial charge in [-0.25, -0.2) is 0 Å². The molecule has 1 aliphatic carbocycles. The van der Waals surface area contributed by atoms with E-state index in [1.165, 1.54) is 24.0 Å². The van der Waals surface area contributed by atoms with Crippen molar-refractivity contribution in [2.45, 2.75) is 44.8 Å². The number of hydrogen-bond acceptors (Lipinski definition) is 2. The van der Waals surface area contributed by atoms with Gasteiger partial charge < -0.3 is 10.1 Å². The molecule has 0 heterocycles. The van der Waals surface area contributed by atoms with Crippen LogP contribution in [0.4, 0.5) is 0 Å². The van der Waals surface area contributed by atoms with E-state index in [1.54, 1.807) is 7.11 Å². The van der Waals surface area contributed by atoms with Gasteiger partial charge in [0.05, 0.1) is 5.60 Å². The zero-order chi connectivity index (χ0) is 12.3. The lowest BCUT2D eigenvalue weighted by atomic mass is 10.0. The smallest absolute Gasteiger partial charge is 0.0634 e. The third-order valence-corrected chi connectivity index (χ3v) is 3.80. The van der Waals surface area contributed by atoms with Crippen molar-refractivity contribution < 1.29 is 4.74 Å². The van der Waals surface area contributed by atoms with Crippen molar-refractivity contribution in [3.8, 4) is 0 Å². The number of nitrogens with one attached hydrogen (secondary N) is 1. The number of ether oxygens (including phenoxy) is 1. The maximum absolute atomic E-state index is 5.43. The van der Waals surface area contributed by atoms with Crippen LogP contribution in [0, 0.1) is 0 Å². The zero-order valence-corrected chi connectivity index (χ0v) is 11.1. The van der Waals surface area contributed by atoms with Crippen molar-refractivity contribution in [1.82, 2.24) is 5.32 Å². The predicted molar refractivity (Wildman–Crippen MR) is 71.2 cm³/mol. The van der Waals surface area contributed by atoms with Crippen LogP contribution in [0.2, 0.25) is 0 Å². The summed E-state index contributed by atoms with van der Waals surface area (Å²) in [6.45, 7) is 5.29. The number of methoxy groups -OCH3 is 1. The molecule has 0 saturated heterocycles. The highest BCUT2D eigenvalue weighted by atomic mass is 16.5. The second-order valence-corrected chi connectivity index (χ2v) is 5.46. The SMILES string of the molecule is COC(C)(C)CCNC1CCc2ccccc21. The minimum atomic E-state index is -0.0227. The molecule has 0 saturated carbocycles. The Morgan fingerprint density at radius 3 is 2.88 bits per heavy atom. The number of benzene rings is 1. The Bertz CT molecular complexity index is 373. The third kappa shape index (κ3) is 3.08. The molecule has 0 aromatic heterocycles. The summed E-state index contributed by atoms with van der Waals surface area (Å²) in [7, 11) is 1.78. The third-order valence-electron chi connectivity index (χ3n) is 3.80. The molecule has 1 aromatic rings. The topological polar surface area (TPSA) is 21.3 Å². The van der Waals surface area contributed by atoms with E-state index in [1.807, 2.05) is 0 Å². The molecular weight excluding hydrogens is 210 g/mol. The average Bonchev–Trinajstić information content (AvgIpc) is 2.73.